The van der Waals surface area contributed by atoms with Crippen LogP contribution in [-0.2, 0) is 9.59 Å². The van der Waals surface area contributed by atoms with Crippen LogP contribution in [0.15, 0.2) is 24.3 Å². The number of anilines is 1. The van der Waals surface area contributed by atoms with E-state index in [9.17, 15) is 9.59 Å². The average molecular weight is 417 g/mol. The Morgan fingerprint density at radius 1 is 1.05 bits per heavy atom. The van der Waals surface area contributed by atoms with Gasteiger partial charge in [0, 0.05) is 9.65 Å². The second-order valence-electron chi connectivity index (χ2n) is 5.40. The molecule has 0 bridgehead atoms. The smallest absolute Gasteiger partial charge is 0.237 e. The molecule has 21 heavy (non-hydrogen) atoms. The molecule has 1 aliphatic heterocycles. The molecule has 0 N–H and O–H groups in total. The Morgan fingerprint density at radius 3 is 2.10 bits per heavy atom. The maximum absolute atomic E-state index is 12.7. The molecule has 1 saturated carbocycles. The van der Waals surface area contributed by atoms with Gasteiger partial charge in [-0.25, -0.2) is 4.90 Å². The van der Waals surface area contributed by atoms with Gasteiger partial charge in [0.2, 0.25) is 11.8 Å². The molecule has 4 atom stereocenters. The van der Waals surface area contributed by atoms with Crippen molar-refractivity contribution in [1.82, 2.24) is 0 Å². The van der Waals surface area contributed by atoms with Crippen molar-refractivity contribution in [3.8, 4) is 5.75 Å². The average Bonchev–Trinajstić information content (AvgIpc) is 2.71. The van der Waals surface area contributed by atoms with E-state index in [-0.39, 0.29) is 33.3 Å². The number of benzene rings is 1. The molecule has 4 unspecified atom stereocenters. The molecule has 1 aliphatic carbocycles. The lowest BCUT2D eigenvalue weighted by Gasteiger charge is -2.29. The quantitative estimate of drug-likeness (QED) is 0.549. The van der Waals surface area contributed by atoms with Gasteiger partial charge in [0.25, 0.3) is 0 Å². The van der Waals surface area contributed by atoms with Gasteiger partial charge in [-0.05, 0) is 25.0 Å². The number of nitrogens with zero attached hydrogens (tertiary/aromatic N) is 1. The normalized spacial score (nSPS) is 32.2. The van der Waals surface area contributed by atoms with Crippen LogP contribution in [0.4, 0.5) is 5.69 Å². The highest BCUT2D eigenvalue weighted by Crippen LogP contribution is 2.45. The Labute approximate surface area is 140 Å². The number of hydrogen-bond acceptors (Lipinski definition) is 3. The molecule has 0 spiro atoms. The monoisotopic (exact) mass is 415 g/mol. The maximum atomic E-state index is 12.7. The van der Waals surface area contributed by atoms with Crippen LogP contribution in [0.5, 0.6) is 5.75 Å². The zero-order valence-corrected chi connectivity index (χ0v) is 14.6. The summed E-state index contributed by atoms with van der Waals surface area (Å²) >= 11 is 7.18. The van der Waals surface area contributed by atoms with Gasteiger partial charge in [-0.1, -0.05) is 44.0 Å². The molecule has 1 aromatic rings. The summed E-state index contributed by atoms with van der Waals surface area (Å²) in [7, 11) is 1.54. The topological polar surface area (TPSA) is 46.6 Å². The van der Waals surface area contributed by atoms with Crippen LogP contribution in [0.3, 0.4) is 0 Å². The lowest BCUT2D eigenvalue weighted by Crippen LogP contribution is -2.34. The summed E-state index contributed by atoms with van der Waals surface area (Å²) in [5.74, 6) is -0.151. The Hall–Kier alpha value is -0.880. The molecule has 2 fully saturated rings. The zero-order valence-electron chi connectivity index (χ0n) is 11.5. The van der Waals surface area contributed by atoms with E-state index in [0.29, 0.717) is 24.3 Å². The maximum Gasteiger partial charge on any atom is 0.237 e. The largest absolute Gasteiger partial charge is 0.495 e. The number of ether oxygens (including phenoxy) is 1. The Kier molecular flexibility index (Phi) is 4.10. The summed E-state index contributed by atoms with van der Waals surface area (Å²) in [6.07, 6.45) is 1.35. The van der Waals surface area contributed by atoms with E-state index in [4.69, 9.17) is 4.74 Å². The summed E-state index contributed by atoms with van der Waals surface area (Å²) in [4.78, 5) is 27.1. The number of rotatable bonds is 2. The number of hydrogen-bond donors (Lipinski definition) is 0. The van der Waals surface area contributed by atoms with E-state index in [1.807, 2.05) is 6.07 Å². The van der Waals surface area contributed by atoms with Gasteiger partial charge in [0.1, 0.15) is 5.75 Å². The number of carbonyl (C=O) groups excluding carboxylic acids is 2. The SMILES string of the molecule is COc1ccccc1N1C(=O)C2CC(Br)C(Br)CC2C1=O. The van der Waals surface area contributed by atoms with Crippen LogP contribution < -0.4 is 9.64 Å². The lowest BCUT2D eigenvalue weighted by atomic mass is 9.81. The number of methoxy groups -OCH3 is 1. The van der Waals surface area contributed by atoms with Crippen LogP contribution in [0.1, 0.15) is 12.8 Å². The van der Waals surface area contributed by atoms with Crippen molar-refractivity contribution < 1.29 is 14.3 Å². The number of fused-ring (bicyclic) bond motifs is 1. The number of para-hydroxylation sites is 2. The van der Waals surface area contributed by atoms with Crippen LogP contribution >= 0.6 is 31.9 Å². The number of halogens is 2. The van der Waals surface area contributed by atoms with Crippen LogP contribution in [0, 0.1) is 11.8 Å². The molecule has 0 radical (unpaired) electrons. The van der Waals surface area contributed by atoms with Crippen molar-refractivity contribution in [3.05, 3.63) is 24.3 Å². The van der Waals surface area contributed by atoms with E-state index in [1.54, 1.807) is 25.3 Å². The lowest BCUT2D eigenvalue weighted by molar-refractivity contribution is -0.122. The Balaban J connectivity index is 1.98. The van der Waals surface area contributed by atoms with E-state index < -0.39 is 0 Å². The number of imide groups is 1. The second-order valence-corrected chi connectivity index (χ2v) is 7.75. The van der Waals surface area contributed by atoms with Gasteiger partial charge in [-0.15, -0.1) is 0 Å². The molecule has 112 valence electrons. The first-order valence-corrected chi connectivity index (χ1v) is 8.66. The molecule has 3 rings (SSSR count). The van der Waals surface area contributed by atoms with Crippen molar-refractivity contribution in [3.63, 3.8) is 0 Å². The fraction of sp³-hybridized carbons (Fsp3) is 0.467. The molecule has 1 saturated heterocycles. The van der Waals surface area contributed by atoms with Crippen LogP contribution in [-0.4, -0.2) is 28.6 Å². The third-order valence-corrected chi connectivity index (χ3v) is 6.97. The molecule has 2 amide bonds. The minimum Gasteiger partial charge on any atom is -0.495 e. The highest BCUT2D eigenvalue weighted by molar-refractivity contribution is 9.12. The predicted molar refractivity (Wildman–Crippen MR) is 87.1 cm³/mol. The molecule has 4 nitrogen and oxygen atoms in total. The summed E-state index contributed by atoms with van der Waals surface area (Å²) in [5, 5.41) is 0. The molecule has 1 heterocycles. The van der Waals surface area contributed by atoms with Crippen molar-refractivity contribution in [2.45, 2.75) is 22.5 Å². The highest BCUT2D eigenvalue weighted by atomic mass is 79.9. The van der Waals surface area contributed by atoms with Gasteiger partial charge in [0.05, 0.1) is 24.6 Å². The summed E-state index contributed by atoms with van der Waals surface area (Å²) in [6, 6.07) is 7.14. The first-order valence-electron chi connectivity index (χ1n) is 6.83. The molecular formula is C15H15Br2NO3. The molecular weight excluding hydrogens is 402 g/mol. The molecule has 6 heteroatoms. The van der Waals surface area contributed by atoms with E-state index >= 15 is 0 Å². The third-order valence-electron chi connectivity index (χ3n) is 4.24. The highest BCUT2D eigenvalue weighted by Gasteiger charge is 2.52. The fourth-order valence-electron chi connectivity index (χ4n) is 3.15. The van der Waals surface area contributed by atoms with E-state index in [1.165, 1.54) is 4.90 Å². The zero-order chi connectivity index (χ0) is 15.1. The third kappa shape index (κ3) is 2.42. The Morgan fingerprint density at radius 2 is 1.57 bits per heavy atom. The van der Waals surface area contributed by atoms with E-state index in [2.05, 4.69) is 31.9 Å². The summed E-state index contributed by atoms with van der Waals surface area (Å²) in [6.45, 7) is 0. The van der Waals surface area contributed by atoms with Gasteiger partial charge in [0.15, 0.2) is 0 Å². The van der Waals surface area contributed by atoms with Gasteiger partial charge >= 0.3 is 0 Å². The van der Waals surface area contributed by atoms with Crippen LogP contribution in [0.25, 0.3) is 0 Å². The number of amides is 2. The van der Waals surface area contributed by atoms with Gasteiger partial charge in [-0.3, -0.25) is 9.59 Å². The van der Waals surface area contributed by atoms with Crippen molar-refractivity contribution in [2.75, 3.05) is 12.0 Å². The minimum atomic E-state index is -0.236. The summed E-state index contributed by atoms with van der Waals surface area (Å²) < 4.78 is 5.29. The minimum absolute atomic E-state index is 0.113. The number of carbonyl (C=O) groups is 2. The van der Waals surface area contributed by atoms with Gasteiger partial charge < -0.3 is 4.74 Å². The second kappa shape index (κ2) is 5.72. The van der Waals surface area contributed by atoms with Gasteiger partial charge in [-0.2, -0.15) is 0 Å². The fourth-order valence-corrected chi connectivity index (χ4v) is 4.38. The molecule has 2 aliphatic rings. The van der Waals surface area contributed by atoms with Crippen LogP contribution in [0.2, 0.25) is 0 Å². The molecule has 0 aromatic heterocycles. The summed E-state index contributed by atoms with van der Waals surface area (Å²) in [5.41, 5.74) is 0.543. The first kappa shape index (κ1) is 15.0. The standard InChI is InChI=1S/C15H15Br2NO3/c1-21-13-5-3-2-4-12(13)18-14(19)8-6-10(16)11(17)7-9(8)15(18)20/h2-5,8-11H,6-7H2,1H3. The Bertz CT molecular complexity index is 564. The first-order chi connectivity index (χ1) is 10.0. The van der Waals surface area contributed by atoms with E-state index in [0.717, 1.165) is 0 Å². The molecule has 1 aromatic carbocycles. The van der Waals surface area contributed by atoms with Crippen molar-refractivity contribution >= 4 is 49.4 Å². The van der Waals surface area contributed by atoms with Crippen molar-refractivity contribution in [1.29, 1.82) is 0 Å². The van der Waals surface area contributed by atoms with Crippen molar-refractivity contribution in [2.24, 2.45) is 11.8 Å². The predicted octanol–water partition coefficient (Wildman–Crippen LogP) is 3.12. The number of alkyl halides is 2.